The molecule has 0 atom stereocenters. The Balaban J connectivity index is 2.35. The van der Waals surface area contributed by atoms with Crippen LogP contribution in [-0.2, 0) is 9.84 Å². The van der Waals surface area contributed by atoms with E-state index in [1.54, 1.807) is 0 Å². The van der Waals surface area contributed by atoms with Gasteiger partial charge in [0.25, 0.3) is 5.91 Å². The van der Waals surface area contributed by atoms with E-state index in [1.807, 2.05) is 0 Å². The molecular formula is C14H10Cl2FNO3S. The summed E-state index contributed by atoms with van der Waals surface area (Å²) < 4.78 is 36.1. The van der Waals surface area contributed by atoms with Crippen molar-refractivity contribution in [1.82, 2.24) is 0 Å². The number of carbonyl (C=O) groups excluding carboxylic acids is 1. The van der Waals surface area contributed by atoms with Crippen LogP contribution < -0.4 is 5.32 Å². The molecule has 0 heterocycles. The fraction of sp³-hybridized carbons (Fsp3) is 0.0714. The molecule has 1 amide bonds. The molecule has 0 radical (unpaired) electrons. The predicted octanol–water partition coefficient (Wildman–Crippen LogP) is 3.79. The molecule has 0 fully saturated rings. The molecular weight excluding hydrogens is 352 g/mol. The van der Waals surface area contributed by atoms with Crippen LogP contribution in [0.3, 0.4) is 0 Å². The lowest BCUT2D eigenvalue weighted by atomic mass is 10.2. The molecule has 0 aromatic heterocycles. The van der Waals surface area contributed by atoms with Crippen LogP contribution >= 0.6 is 23.2 Å². The molecule has 22 heavy (non-hydrogen) atoms. The molecule has 0 unspecified atom stereocenters. The number of halogens is 3. The minimum absolute atomic E-state index is 0.00922. The SMILES string of the molecule is CS(=O)(=O)c1ccc(Cl)c(C(=O)Nc2ccc(F)c(Cl)c2)c1. The van der Waals surface area contributed by atoms with Crippen LogP contribution in [0.2, 0.25) is 10.0 Å². The summed E-state index contributed by atoms with van der Waals surface area (Å²) in [6, 6.07) is 7.48. The van der Waals surface area contributed by atoms with E-state index in [2.05, 4.69) is 5.32 Å². The van der Waals surface area contributed by atoms with Gasteiger partial charge in [-0.1, -0.05) is 23.2 Å². The van der Waals surface area contributed by atoms with Gasteiger partial charge in [0.15, 0.2) is 9.84 Å². The molecule has 0 bridgehead atoms. The smallest absolute Gasteiger partial charge is 0.257 e. The third kappa shape index (κ3) is 3.76. The molecule has 0 aliphatic carbocycles. The summed E-state index contributed by atoms with van der Waals surface area (Å²) in [5, 5.41) is 2.43. The van der Waals surface area contributed by atoms with E-state index in [9.17, 15) is 17.6 Å². The Kier molecular flexibility index (Phi) is 4.75. The van der Waals surface area contributed by atoms with Crippen molar-refractivity contribution in [2.24, 2.45) is 0 Å². The molecule has 0 saturated carbocycles. The summed E-state index contributed by atoms with van der Waals surface area (Å²) in [4.78, 5) is 12.2. The van der Waals surface area contributed by atoms with Gasteiger partial charge >= 0.3 is 0 Å². The van der Waals surface area contributed by atoms with E-state index >= 15 is 0 Å². The summed E-state index contributed by atoms with van der Waals surface area (Å²) in [7, 11) is -3.47. The van der Waals surface area contributed by atoms with Crippen molar-refractivity contribution in [2.75, 3.05) is 11.6 Å². The van der Waals surface area contributed by atoms with Crippen molar-refractivity contribution >= 4 is 44.6 Å². The van der Waals surface area contributed by atoms with Gasteiger partial charge in [0.1, 0.15) is 5.82 Å². The Hall–Kier alpha value is -1.63. The molecule has 0 aliphatic rings. The summed E-state index contributed by atoms with van der Waals surface area (Å²) in [5.41, 5.74) is 0.252. The van der Waals surface area contributed by atoms with Gasteiger partial charge in [-0.15, -0.1) is 0 Å². The monoisotopic (exact) mass is 361 g/mol. The van der Waals surface area contributed by atoms with Crippen LogP contribution in [-0.4, -0.2) is 20.6 Å². The topological polar surface area (TPSA) is 63.2 Å². The van der Waals surface area contributed by atoms with Crippen molar-refractivity contribution in [1.29, 1.82) is 0 Å². The quantitative estimate of drug-likeness (QED) is 0.904. The molecule has 8 heteroatoms. The highest BCUT2D eigenvalue weighted by Crippen LogP contribution is 2.23. The lowest BCUT2D eigenvalue weighted by Gasteiger charge is -2.09. The van der Waals surface area contributed by atoms with E-state index in [0.717, 1.165) is 12.3 Å². The first kappa shape index (κ1) is 16.7. The average Bonchev–Trinajstić information content (AvgIpc) is 2.42. The van der Waals surface area contributed by atoms with Crippen LogP contribution in [0.4, 0.5) is 10.1 Å². The number of amides is 1. The van der Waals surface area contributed by atoms with Crippen LogP contribution in [0.15, 0.2) is 41.3 Å². The number of sulfone groups is 1. The van der Waals surface area contributed by atoms with E-state index in [0.29, 0.717) is 0 Å². The Morgan fingerprint density at radius 2 is 1.77 bits per heavy atom. The van der Waals surface area contributed by atoms with Crippen molar-refractivity contribution in [3.63, 3.8) is 0 Å². The Bertz CT molecular complexity index is 853. The van der Waals surface area contributed by atoms with E-state index in [4.69, 9.17) is 23.2 Å². The Morgan fingerprint density at radius 3 is 2.36 bits per heavy atom. The van der Waals surface area contributed by atoms with Crippen molar-refractivity contribution in [3.05, 3.63) is 57.8 Å². The normalized spacial score (nSPS) is 11.3. The Morgan fingerprint density at radius 1 is 1.09 bits per heavy atom. The second-order valence-electron chi connectivity index (χ2n) is 4.50. The first-order valence-corrected chi connectivity index (χ1v) is 8.59. The van der Waals surface area contributed by atoms with Crippen molar-refractivity contribution in [2.45, 2.75) is 4.90 Å². The number of hydrogen-bond donors (Lipinski definition) is 1. The maximum absolute atomic E-state index is 13.1. The minimum atomic E-state index is -3.47. The zero-order valence-electron chi connectivity index (χ0n) is 11.2. The van der Waals surface area contributed by atoms with Gasteiger partial charge in [0.2, 0.25) is 0 Å². The average molecular weight is 362 g/mol. The first-order chi connectivity index (χ1) is 10.2. The van der Waals surface area contributed by atoms with Gasteiger partial charge in [-0.25, -0.2) is 12.8 Å². The minimum Gasteiger partial charge on any atom is -0.322 e. The standard InChI is InChI=1S/C14H10Cl2FNO3S/c1-22(20,21)9-3-4-11(15)10(7-9)14(19)18-8-2-5-13(17)12(16)6-8/h2-7H,1H3,(H,18,19). The molecule has 2 rings (SSSR count). The highest BCUT2D eigenvalue weighted by atomic mass is 35.5. The predicted molar refractivity (Wildman–Crippen MR) is 83.9 cm³/mol. The third-order valence-corrected chi connectivity index (χ3v) is 4.52. The largest absolute Gasteiger partial charge is 0.322 e. The van der Waals surface area contributed by atoms with Gasteiger partial charge in [-0.05, 0) is 36.4 Å². The fourth-order valence-electron chi connectivity index (χ4n) is 1.68. The molecule has 2 aromatic carbocycles. The number of carbonyl (C=O) groups is 1. The second-order valence-corrected chi connectivity index (χ2v) is 7.33. The van der Waals surface area contributed by atoms with E-state index < -0.39 is 21.6 Å². The lowest BCUT2D eigenvalue weighted by molar-refractivity contribution is 0.102. The molecule has 116 valence electrons. The summed E-state index contributed by atoms with van der Waals surface area (Å²) >= 11 is 11.6. The number of rotatable bonds is 3. The van der Waals surface area contributed by atoms with Crippen LogP contribution in [0.1, 0.15) is 10.4 Å². The zero-order valence-corrected chi connectivity index (χ0v) is 13.6. The van der Waals surface area contributed by atoms with Gasteiger partial charge in [-0.3, -0.25) is 4.79 Å². The first-order valence-electron chi connectivity index (χ1n) is 5.94. The van der Waals surface area contributed by atoms with E-state index in [1.165, 1.54) is 30.3 Å². The summed E-state index contributed by atoms with van der Waals surface area (Å²) in [5.74, 6) is -1.24. The second kappa shape index (κ2) is 6.24. The van der Waals surface area contributed by atoms with Crippen LogP contribution in [0.25, 0.3) is 0 Å². The number of anilines is 1. The van der Waals surface area contributed by atoms with Gasteiger partial charge < -0.3 is 5.32 Å². The maximum atomic E-state index is 13.1. The van der Waals surface area contributed by atoms with Gasteiger partial charge in [0.05, 0.1) is 20.5 Å². The van der Waals surface area contributed by atoms with E-state index in [-0.39, 0.29) is 26.2 Å². The van der Waals surface area contributed by atoms with Gasteiger partial charge in [-0.2, -0.15) is 0 Å². The Labute approximate surface area is 136 Å². The highest BCUT2D eigenvalue weighted by molar-refractivity contribution is 7.90. The van der Waals surface area contributed by atoms with Gasteiger partial charge in [0, 0.05) is 11.9 Å². The number of hydrogen-bond acceptors (Lipinski definition) is 3. The number of nitrogens with one attached hydrogen (secondary N) is 1. The van der Waals surface area contributed by atoms with Crippen molar-refractivity contribution < 1.29 is 17.6 Å². The summed E-state index contributed by atoms with van der Waals surface area (Å²) in [6.07, 6.45) is 1.03. The van der Waals surface area contributed by atoms with Crippen LogP contribution in [0, 0.1) is 5.82 Å². The lowest BCUT2D eigenvalue weighted by Crippen LogP contribution is -2.13. The van der Waals surface area contributed by atoms with Crippen LogP contribution in [0.5, 0.6) is 0 Å². The summed E-state index contributed by atoms with van der Waals surface area (Å²) in [6.45, 7) is 0. The molecule has 1 N–H and O–H groups in total. The molecule has 0 spiro atoms. The molecule has 4 nitrogen and oxygen atoms in total. The van der Waals surface area contributed by atoms with Crippen molar-refractivity contribution in [3.8, 4) is 0 Å². The maximum Gasteiger partial charge on any atom is 0.257 e. The number of benzene rings is 2. The molecule has 0 aliphatic heterocycles. The molecule has 2 aromatic rings. The fourth-order valence-corrected chi connectivity index (χ4v) is 2.71. The zero-order chi connectivity index (χ0) is 16.5. The highest BCUT2D eigenvalue weighted by Gasteiger charge is 2.16. The molecule has 0 saturated heterocycles. The third-order valence-electron chi connectivity index (χ3n) is 2.79.